The standard InChI is InChI=1S/C14H7BrO4/c15-9-3-4-11-8(6-9)7-10(14(17)19-11)13(16)12-2-1-5-18-12/h1-7H. The van der Waals surface area contributed by atoms with Crippen molar-refractivity contribution < 1.29 is 13.6 Å². The largest absolute Gasteiger partial charge is 0.461 e. The van der Waals surface area contributed by atoms with E-state index < -0.39 is 11.4 Å². The lowest BCUT2D eigenvalue weighted by Crippen LogP contribution is -2.14. The van der Waals surface area contributed by atoms with Crippen LogP contribution in [0.2, 0.25) is 0 Å². The van der Waals surface area contributed by atoms with E-state index in [0.717, 1.165) is 4.47 Å². The third-order valence-electron chi connectivity index (χ3n) is 2.68. The summed E-state index contributed by atoms with van der Waals surface area (Å²) in [5, 5.41) is 0.670. The van der Waals surface area contributed by atoms with E-state index in [1.807, 2.05) is 0 Å². The molecule has 2 aromatic heterocycles. The Kier molecular flexibility index (Phi) is 2.83. The molecule has 0 aliphatic heterocycles. The molecule has 0 aliphatic rings. The Morgan fingerprint density at radius 3 is 2.74 bits per heavy atom. The van der Waals surface area contributed by atoms with Crippen LogP contribution in [0.25, 0.3) is 11.0 Å². The summed E-state index contributed by atoms with van der Waals surface area (Å²) in [5.41, 5.74) is -0.277. The number of benzene rings is 1. The molecule has 3 aromatic rings. The number of furan rings is 1. The van der Waals surface area contributed by atoms with Crippen molar-refractivity contribution in [3.05, 3.63) is 68.9 Å². The fraction of sp³-hybridized carbons (Fsp3) is 0. The number of carbonyl (C=O) groups excluding carboxylic acids is 1. The van der Waals surface area contributed by atoms with Gasteiger partial charge < -0.3 is 8.83 Å². The molecule has 0 bridgehead atoms. The molecule has 0 aliphatic carbocycles. The third kappa shape index (κ3) is 2.13. The maximum Gasteiger partial charge on any atom is 0.347 e. The summed E-state index contributed by atoms with van der Waals surface area (Å²) >= 11 is 3.33. The second kappa shape index (κ2) is 4.51. The smallest absolute Gasteiger partial charge is 0.347 e. The maximum atomic E-state index is 12.1. The van der Waals surface area contributed by atoms with E-state index in [0.29, 0.717) is 11.0 Å². The Morgan fingerprint density at radius 2 is 2.00 bits per heavy atom. The van der Waals surface area contributed by atoms with Crippen molar-refractivity contribution >= 4 is 32.7 Å². The van der Waals surface area contributed by atoms with E-state index in [4.69, 9.17) is 8.83 Å². The van der Waals surface area contributed by atoms with E-state index >= 15 is 0 Å². The van der Waals surface area contributed by atoms with Crippen molar-refractivity contribution in [2.75, 3.05) is 0 Å². The normalized spacial score (nSPS) is 10.8. The highest BCUT2D eigenvalue weighted by molar-refractivity contribution is 9.10. The summed E-state index contributed by atoms with van der Waals surface area (Å²) in [6.07, 6.45) is 1.38. The quantitative estimate of drug-likeness (QED) is 0.537. The Hall–Kier alpha value is -2.14. The van der Waals surface area contributed by atoms with Gasteiger partial charge in [-0.05, 0) is 36.4 Å². The summed E-state index contributed by atoms with van der Waals surface area (Å²) < 4.78 is 11.0. The first-order valence-corrected chi connectivity index (χ1v) is 6.26. The van der Waals surface area contributed by atoms with E-state index in [2.05, 4.69) is 15.9 Å². The second-order valence-corrected chi connectivity index (χ2v) is 4.85. The zero-order chi connectivity index (χ0) is 13.4. The molecular formula is C14H7BrO4. The van der Waals surface area contributed by atoms with Gasteiger partial charge in [-0.2, -0.15) is 0 Å². The van der Waals surface area contributed by atoms with Crippen LogP contribution in [-0.4, -0.2) is 5.78 Å². The summed E-state index contributed by atoms with van der Waals surface area (Å²) in [6, 6.07) is 9.81. The van der Waals surface area contributed by atoms with Gasteiger partial charge in [0, 0.05) is 9.86 Å². The van der Waals surface area contributed by atoms with Gasteiger partial charge in [0.05, 0.1) is 6.26 Å². The van der Waals surface area contributed by atoms with Gasteiger partial charge in [-0.3, -0.25) is 4.79 Å². The molecule has 0 N–H and O–H groups in total. The second-order valence-electron chi connectivity index (χ2n) is 3.94. The summed E-state index contributed by atoms with van der Waals surface area (Å²) in [4.78, 5) is 23.9. The van der Waals surface area contributed by atoms with Gasteiger partial charge in [-0.15, -0.1) is 0 Å². The first-order chi connectivity index (χ1) is 9.15. The summed E-state index contributed by atoms with van der Waals surface area (Å²) in [7, 11) is 0. The first-order valence-electron chi connectivity index (χ1n) is 5.47. The van der Waals surface area contributed by atoms with Crippen LogP contribution in [-0.2, 0) is 0 Å². The predicted molar refractivity (Wildman–Crippen MR) is 72.3 cm³/mol. The van der Waals surface area contributed by atoms with Crippen LogP contribution >= 0.6 is 15.9 Å². The number of fused-ring (bicyclic) bond motifs is 1. The Bertz CT molecular complexity index is 815. The average Bonchev–Trinajstić information content (AvgIpc) is 2.91. The minimum atomic E-state index is -0.670. The van der Waals surface area contributed by atoms with Gasteiger partial charge in [0.1, 0.15) is 11.1 Å². The van der Waals surface area contributed by atoms with Gasteiger partial charge in [0.2, 0.25) is 5.78 Å². The molecule has 0 spiro atoms. The van der Waals surface area contributed by atoms with Gasteiger partial charge >= 0.3 is 5.63 Å². The van der Waals surface area contributed by atoms with Gasteiger partial charge in [-0.25, -0.2) is 4.79 Å². The van der Waals surface area contributed by atoms with E-state index in [9.17, 15) is 9.59 Å². The predicted octanol–water partition coefficient (Wildman–Crippen LogP) is 3.38. The summed E-state index contributed by atoms with van der Waals surface area (Å²) in [6.45, 7) is 0. The number of halogens is 1. The molecule has 0 unspecified atom stereocenters. The Balaban J connectivity index is 2.21. The van der Waals surface area contributed by atoms with Crippen molar-refractivity contribution in [2.45, 2.75) is 0 Å². The molecular weight excluding hydrogens is 312 g/mol. The molecule has 0 amide bonds. The minimum absolute atomic E-state index is 0.0412. The summed E-state index contributed by atoms with van der Waals surface area (Å²) in [5.74, 6) is -0.373. The molecule has 0 saturated heterocycles. The fourth-order valence-corrected chi connectivity index (χ4v) is 2.17. The Labute approximate surface area is 115 Å². The van der Waals surface area contributed by atoms with Gasteiger partial charge in [0.25, 0.3) is 0 Å². The highest BCUT2D eigenvalue weighted by Crippen LogP contribution is 2.20. The van der Waals surface area contributed by atoms with Crippen LogP contribution in [0.15, 0.2) is 60.8 Å². The molecule has 1 aromatic carbocycles. The van der Waals surface area contributed by atoms with Crippen molar-refractivity contribution in [1.82, 2.24) is 0 Å². The molecule has 5 heteroatoms. The molecule has 94 valence electrons. The molecule has 3 rings (SSSR count). The monoisotopic (exact) mass is 318 g/mol. The van der Waals surface area contributed by atoms with Crippen molar-refractivity contribution in [1.29, 1.82) is 0 Å². The zero-order valence-electron chi connectivity index (χ0n) is 9.55. The number of hydrogen-bond donors (Lipinski definition) is 0. The van der Waals surface area contributed by atoms with Gasteiger partial charge in [-0.1, -0.05) is 15.9 Å². The number of hydrogen-bond acceptors (Lipinski definition) is 4. The SMILES string of the molecule is O=C(c1ccco1)c1cc2cc(Br)ccc2oc1=O. The molecule has 4 nitrogen and oxygen atoms in total. The fourth-order valence-electron chi connectivity index (χ4n) is 1.79. The average molecular weight is 319 g/mol. The van der Waals surface area contributed by atoms with Crippen LogP contribution in [0.1, 0.15) is 16.1 Å². The van der Waals surface area contributed by atoms with Crippen molar-refractivity contribution in [2.24, 2.45) is 0 Å². The lowest BCUT2D eigenvalue weighted by atomic mass is 10.1. The van der Waals surface area contributed by atoms with Crippen molar-refractivity contribution in [3.63, 3.8) is 0 Å². The van der Waals surface area contributed by atoms with Crippen LogP contribution in [0.4, 0.5) is 0 Å². The topological polar surface area (TPSA) is 60.4 Å². The van der Waals surface area contributed by atoms with E-state index in [1.165, 1.54) is 18.4 Å². The van der Waals surface area contributed by atoms with Gasteiger partial charge in [0.15, 0.2) is 5.76 Å². The van der Waals surface area contributed by atoms with Crippen LogP contribution in [0.5, 0.6) is 0 Å². The first kappa shape index (κ1) is 11.9. The van der Waals surface area contributed by atoms with E-state index in [-0.39, 0.29) is 11.3 Å². The highest BCUT2D eigenvalue weighted by Gasteiger charge is 2.17. The molecule has 19 heavy (non-hydrogen) atoms. The Morgan fingerprint density at radius 1 is 1.16 bits per heavy atom. The number of rotatable bonds is 2. The van der Waals surface area contributed by atoms with Crippen LogP contribution in [0, 0.1) is 0 Å². The van der Waals surface area contributed by atoms with Crippen LogP contribution < -0.4 is 5.63 Å². The number of carbonyl (C=O) groups is 1. The maximum absolute atomic E-state index is 12.1. The molecule has 0 radical (unpaired) electrons. The lowest BCUT2D eigenvalue weighted by molar-refractivity contribution is 0.101. The number of ketones is 1. The molecule has 0 saturated carbocycles. The van der Waals surface area contributed by atoms with Crippen molar-refractivity contribution in [3.8, 4) is 0 Å². The zero-order valence-corrected chi connectivity index (χ0v) is 11.1. The lowest BCUT2D eigenvalue weighted by Gasteiger charge is -2.00. The molecule has 2 heterocycles. The third-order valence-corrected chi connectivity index (χ3v) is 3.18. The minimum Gasteiger partial charge on any atom is -0.461 e. The van der Waals surface area contributed by atoms with Crippen LogP contribution in [0.3, 0.4) is 0 Å². The van der Waals surface area contributed by atoms with E-state index in [1.54, 1.807) is 24.3 Å². The highest BCUT2D eigenvalue weighted by atomic mass is 79.9. The molecule has 0 atom stereocenters. The molecule has 0 fully saturated rings.